The van der Waals surface area contributed by atoms with Gasteiger partial charge in [-0.1, -0.05) is 12.1 Å². The summed E-state index contributed by atoms with van der Waals surface area (Å²) in [5, 5.41) is 14.2. The smallest absolute Gasteiger partial charge is 0.264 e. The number of imide groups is 2. The van der Waals surface area contributed by atoms with E-state index in [1.54, 1.807) is 29.2 Å². The fourth-order valence-corrected chi connectivity index (χ4v) is 4.79. The third-order valence-corrected chi connectivity index (χ3v) is 6.70. The average molecular weight is 502 g/mol. The van der Waals surface area contributed by atoms with Crippen molar-refractivity contribution in [2.24, 2.45) is 0 Å². The number of piperidine rings is 1. The van der Waals surface area contributed by atoms with Crippen LogP contribution in [0.3, 0.4) is 0 Å². The third kappa shape index (κ3) is 4.47. The maximum Gasteiger partial charge on any atom is 0.264 e. The van der Waals surface area contributed by atoms with Crippen molar-refractivity contribution in [2.45, 2.75) is 18.9 Å². The van der Waals surface area contributed by atoms with Crippen molar-refractivity contribution in [3.8, 4) is 6.07 Å². The number of nitrogens with zero attached hydrogens (tertiary/aromatic N) is 5. The molecule has 0 saturated carbocycles. The number of nitrogens with one attached hydrogen (secondary N) is 2. The molecular formula is C25H23N7O5. The molecule has 37 heavy (non-hydrogen) atoms. The molecule has 2 N–H and O–H groups in total. The normalized spacial score (nSPS) is 19.4. The molecule has 1 unspecified atom stereocenters. The van der Waals surface area contributed by atoms with E-state index in [9.17, 15) is 24.0 Å². The highest BCUT2D eigenvalue weighted by Gasteiger charge is 2.45. The van der Waals surface area contributed by atoms with E-state index in [0.29, 0.717) is 43.4 Å². The van der Waals surface area contributed by atoms with E-state index in [1.807, 2.05) is 17.0 Å². The zero-order valence-corrected chi connectivity index (χ0v) is 19.8. The van der Waals surface area contributed by atoms with E-state index in [4.69, 9.17) is 5.26 Å². The molecule has 2 saturated heterocycles. The van der Waals surface area contributed by atoms with Gasteiger partial charge in [0.2, 0.25) is 17.7 Å². The highest BCUT2D eigenvalue weighted by Crippen LogP contribution is 2.32. The predicted molar refractivity (Wildman–Crippen MR) is 129 cm³/mol. The summed E-state index contributed by atoms with van der Waals surface area (Å²) in [4.78, 5) is 71.7. The summed E-state index contributed by atoms with van der Waals surface area (Å²) in [6.07, 6.45) is 0.107. The van der Waals surface area contributed by atoms with Gasteiger partial charge in [-0.3, -0.25) is 34.2 Å². The molecule has 188 valence electrons. The minimum atomic E-state index is -1.06. The summed E-state index contributed by atoms with van der Waals surface area (Å²) >= 11 is 0. The van der Waals surface area contributed by atoms with Gasteiger partial charge in [0.15, 0.2) is 0 Å². The van der Waals surface area contributed by atoms with Crippen LogP contribution in [-0.4, -0.2) is 83.1 Å². The van der Waals surface area contributed by atoms with Crippen molar-refractivity contribution in [3.63, 3.8) is 0 Å². The number of benzene rings is 1. The van der Waals surface area contributed by atoms with Crippen LogP contribution in [-0.2, 0) is 14.4 Å². The number of piperazine rings is 1. The molecule has 0 bridgehead atoms. The number of rotatable bonds is 5. The van der Waals surface area contributed by atoms with Crippen molar-refractivity contribution >= 4 is 41.0 Å². The number of fused-ring (bicyclic) bond motifs is 1. The van der Waals surface area contributed by atoms with Crippen LogP contribution >= 0.6 is 0 Å². The van der Waals surface area contributed by atoms with Gasteiger partial charge >= 0.3 is 0 Å². The number of carbonyl (C=O) groups is 5. The molecule has 0 radical (unpaired) electrons. The van der Waals surface area contributed by atoms with Crippen molar-refractivity contribution < 1.29 is 24.0 Å². The number of amides is 5. The highest BCUT2D eigenvalue weighted by molar-refractivity contribution is 6.25. The van der Waals surface area contributed by atoms with E-state index in [0.717, 1.165) is 4.90 Å². The van der Waals surface area contributed by atoms with Crippen LogP contribution in [0.1, 0.15) is 39.3 Å². The quantitative estimate of drug-likeness (QED) is 0.543. The first-order valence-corrected chi connectivity index (χ1v) is 11.9. The van der Waals surface area contributed by atoms with Crippen molar-refractivity contribution in [1.29, 1.82) is 5.26 Å². The molecular weight excluding hydrogens is 478 g/mol. The lowest BCUT2D eigenvalue weighted by Gasteiger charge is -2.35. The van der Waals surface area contributed by atoms with Crippen LogP contribution in [0.5, 0.6) is 0 Å². The maximum atomic E-state index is 13.2. The van der Waals surface area contributed by atoms with E-state index in [1.165, 1.54) is 6.07 Å². The van der Waals surface area contributed by atoms with Gasteiger partial charge in [0.1, 0.15) is 23.6 Å². The second kappa shape index (κ2) is 9.69. The van der Waals surface area contributed by atoms with Gasteiger partial charge < -0.3 is 15.1 Å². The summed E-state index contributed by atoms with van der Waals surface area (Å²) in [6, 6.07) is 10.9. The summed E-state index contributed by atoms with van der Waals surface area (Å²) in [6.45, 7) is 1.96. The molecule has 3 aliphatic heterocycles. The summed E-state index contributed by atoms with van der Waals surface area (Å²) in [5.74, 6) is -1.83. The van der Waals surface area contributed by atoms with E-state index < -0.39 is 29.7 Å². The van der Waals surface area contributed by atoms with Gasteiger partial charge in [0, 0.05) is 38.3 Å². The number of pyridine rings is 1. The van der Waals surface area contributed by atoms with Crippen LogP contribution < -0.4 is 15.5 Å². The lowest BCUT2D eigenvalue weighted by atomic mass is 10.0. The average Bonchev–Trinajstić information content (AvgIpc) is 3.17. The molecule has 1 aromatic heterocycles. The highest BCUT2D eigenvalue weighted by atomic mass is 16.2. The van der Waals surface area contributed by atoms with Crippen LogP contribution in [0.2, 0.25) is 0 Å². The van der Waals surface area contributed by atoms with Gasteiger partial charge in [-0.2, -0.15) is 5.26 Å². The Bertz CT molecular complexity index is 1360. The Morgan fingerprint density at radius 3 is 2.54 bits per heavy atom. The van der Waals surface area contributed by atoms with Gasteiger partial charge in [-0.25, -0.2) is 4.98 Å². The van der Waals surface area contributed by atoms with Gasteiger partial charge in [0.05, 0.1) is 17.7 Å². The number of anilines is 2. The molecule has 5 amide bonds. The number of nitriles is 1. The molecule has 2 aromatic rings. The maximum absolute atomic E-state index is 13.2. The third-order valence-electron chi connectivity index (χ3n) is 6.70. The summed E-state index contributed by atoms with van der Waals surface area (Å²) in [5.41, 5.74) is 0.918. The minimum absolute atomic E-state index is 0.0382. The zero-order valence-electron chi connectivity index (χ0n) is 19.8. The molecule has 1 atom stereocenters. The Balaban J connectivity index is 1.22. The Morgan fingerprint density at radius 2 is 1.81 bits per heavy atom. The van der Waals surface area contributed by atoms with Crippen molar-refractivity contribution in [3.05, 3.63) is 53.2 Å². The van der Waals surface area contributed by atoms with E-state index >= 15 is 0 Å². The second-order valence-electron chi connectivity index (χ2n) is 8.89. The zero-order chi connectivity index (χ0) is 26.1. The van der Waals surface area contributed by atoms with Crippen LogP contribution in [0, 0.1) is 11.3 Å². The molecule has 5 rings (SSSR count). The summed E-state index contributed by atoms with van der Waals surface area (Å²) < 4.78 is 0. The van der Waals surface area contributed by atoms with E-state index in [2.05, 4.69) is 15.6 Å². The largest absolute Gasteiger partial charge is 0.375 e. The summed E-state index contributed by atoms with van der Waals surface area (Å²) in [7, 11) is 0. The van der Waals surface area contributed by atoms with E-state index in [-0.39, 0.29) is 36.4 Å². The number of hydrogen-bond donors (Lipinski definition) is 2. The monoisotopic (exact) mass is 501 g/mol. The first kappa shape index (κ1) is 23.9. The second-order valence-corrected chi connectivity index (χ2v) is 8.89. The molecule has 0 spiro atoms. The van der Waals surface area contributed by atoms with Crippen LogP contribution in [0.25, 0.3) is 0 Å². The minimum Gasteiger partial charge on any atom is -0.375 e. The SMILES string of the molecule is N#Cc1cccc(N2CCN(C(=O)CNc3cccc4c3C(=O)N(C3CCC(=O)NC3=O)C4=O)CC2)n1. The molecule has 1 aromatic carbocycles. The van der Waals surface area contributed by atoms with Gasteiger partial charge in [0.25, 0.3) is 11.8 Å². The molecule has 3 aliphatic rings. The fraction of sp³-hybridized carbons (Fsp3) is 0.320. The molecule has 2 fully saturated rings. The van der Waals surface area contributed by atoms with Crippen LogP contribution in [0.15, 0.2) is 36.4 Å². The first-order valence-electron chi connectivity index (χ1n) is 11.9. The Hall–Kier alpha value is -4.79. The Morgan fingerprint density at radius 1 is 1.05 bits per heavy atom. The lowest BCUT2D eigenvalue weighted by Crippen LogP contribution is -2.54. The number of carbonyl (C=O) groups excluding carboxylic acids is 5. The van der Waals surface area contributed by atoms with Gasteiger partial charge in [-0.15, -0.1) is 0 Å². The lowest BCUT2D eigenvalue weighted by molar-refractivity contribution is -0.136. The standard InChI is InChI=1S/C25H23N7O5/c26-13-15-3-1-6-19(28-15)30-9-11-31(12-10-30)21(34)14-27-17-5-2-4-16-22(17)25(37)32(24(16)36)18-7-8-20(33)29-23(18)35/h1-6,18,27H,7-12,14H2,(H,29,33,35). The molecule has 4 heterocycles. The molecule has 12 nitrogen and oxygen atoms in total. The number of hydrogen-bond acceptors (Lipinski definition) is 9. The topological polar surface area (TPSA) is 156 Å². The predicted octanol–water partition coefficient (Wildman–Crippen LogP) is 0.115. The first-order chi connectivity index (χ1) is 17.9. The Labute approximate surface area is 211 Å². The van der Waals surface area contributed by atoms with Crippen LogP contribution in [0.4, 0.5) is 11.5 Å². The molecule has 0 aliphatic carbocycles. The Kier molecular flexibility index (Phi) is 6.27. The number of aromatic nitrogens is 1. The fourth-order valence-electron chi connectivity index (χ4n) is 4.79. The van der Waals surface area contributed by atoms with Crippen molar-refractivity contribution in [1.82, 2.24) is 20.1 Å². The van der Waals surface area contributed by atoms with Gasteiger partial charge in [-0.05, 0) is 30.7 Å². The van der Waals surface area contributed by atoms with Crippen molar-refractivity contribution in [2.75, 3.05) is 42.9 Å². The molecule has 12 heteroatoms.